The fourth-order valence-corrected chi connectivity index (χ4v) is 0.977. The van der Waals surface area contributed by atoms with Crippen molar-refractivity contribution in [1.29, 1.82) is 0 Å². The number of nitrogens with one attached hydrogen (secondary N) is 1. The zero-order chi connectivity index (χ0) is 6.53. The maximum Gasteiger partial charge on any atom is 0.0240 e. The number of hydrogen-bond acceptors (Lipinski definition) is 2. The Bertz CT molecular complexity index is 109. The molecule has 1 fully saturated rings. The molecule has 1 heterocycles. The quantitative estimate of drug-likeness (QED) is 0.530. The SMILES string of the molecule is C#CCCN1CCCN1. The van der Waals surface area contributed by atoms with Crippen molar-refractivity contribution in [3.63, 3.8) is 0 Å². The summed E-state index contributed by atoms with van der Waals surface area (Å²) >= 11 is 0. The van der Waals surface area contributed by atoms with Crippen molar-refractivity contribution in [2.75, 3.05) is 19.6 Å². The molecule has 0 radical (unpaired) electrons. The maximum absolute atomic E-state index is 5.10. The van der Waals surface area contributed by atoms with Gasteiger partial charge in [0, 0.05) is 26.1 Å². The Balaban J connectivity index is 2.06. The van der Waals surface area contributed by atoms with Crippen LogP contribution in [0.3, 0.4) is 0 Å². The molecule has 1 aliphatic heterocycles. The van der Waals surface area contributed by atoms with Crippen LogP contribution in [-0.4, -0.2) is 24.6 Å². The largest absolute Gasteiger partial charge is 0.255 e. The minimum atomic E-state index is 0.854. The molecule has 0 aliphatic carbocycles. The van der Waals surface area contributed by atoms with Crippen molar-refractivity contribution in [1.82, 2.24) is 10.4 Å². The fraction of sp³-hybridized carbons (Fsp3) is 0.714. The van der Waals surface area contributed by atoms with Gasteiger partial charge in [0.05, 0.1) is 0 Å². The van der Waals surface area contributed by atoms with Gasteiger partial charge < -0.3 is 0 Å². The smallest absolute Gasteiger partial charge is 0.0240 e. The summed E-state index contributed by atoms with van der Waals surface area (Å²) in [4.78, 5) is 0. The highest BCUT2D eigenvalue weighted by molar-refractivity contribution is 4.84. The lowest BCUT2D eigenvalue weighted by molar-refractivity contribution is 0.260. The summed E-state index contributed by atoms with van der Waals surface area (Å²) < 4.78 is 0. The van der Waals surface area contributed by atoms with Crippen LogP contribution in [0.1, 0.15) is 12.8 Å². The third kappa shape index (κ3) is 2.05. The second kappa shape index (κ2) is 3.49. The van der Waals surface area contributed by atoms with E-state index >= 15 is 0 Å². The first-order valence-corrected chi connectivity index (χ1v) is 3.35. The first kappa shape index (κ1) is 6.60. The molecular formula is C7H12N2. The molecule has 0 saturated carbocycles. The molecular weight excluding hydrogens is 112 g/mol. The number of rotatable bonds is 2. The van der Waals surface area contributed by atoms with Gasteiger partial charge in [0.15, 0.2) is 0 Å². The third-order valence-electron chi connectivity index (χ3n) is 1.47. The van der Waals surface area contributed by atoms with E-state index in [1.807, 2.05) is 0 Å². The second-order valence-corrected chi connectivity index (χ2v) is 2.20. The topological polar surface area (TPSA) is 15.3 Å². The van der Waals surface area contributed by atoms with E-state index in [9.17, 15) is 0 Å². The average Bonchev–Trinajstić information content (AvgIpc) is 2.34. The van der Waals surface area contributed by atoms with Crippen molar-refractivity contribution < 1.29 is 0 Å². The molecule has 2 nitrogen and oxygen atoms in total. The average molecular weight is 124 g/mol. The Kier molecular flexibility index (Phi) is 2.56. The molecule has 0 aromatic carbocycles. The number of hydrogen-bond donors (Lipinski definition) is 1. The summed E-state index contributed by atoms with van der Waals surface area (Å²) in [6.07, 6.45) is 7.21. The van der Waals surface area contributed by atoms with Crippen LogP contribution in [-0.2, 0) is 0 Å². The van der Waals surface area contributed by atoms with Crippen LogP contribution < -0.4 is 5.43 Å². The van der Waals surface area contributed by atoms with Crippen molar-refractivity contribution in [2.24, 2.45) is 0 Å². The van der Waals surface area contributed by atoms with Gasteiger partial charge >= 0.3 is 0 Å². The van der Waals surface area contributed by atoms with Gasteiger partial charge in [-0.25, -0.2) is 5.01 Å². The van der Waals surface area contributed by atoms with E-state index in [0.29, 0.717) is 0 Å². The third-order valence-corrected chi connectivity index (χ3v) is 1.47. The van der Waals surface area contributed by atoms with E-state index in [2.05, 4.69) is 16.4 Å². The van der Waals surface area contributed by atoms with Gasteiger partial charge in [0.2, 0.25) is 0 Å². The van der Waals surface area contributed by atoms with E-state index in [1.54, 1.807) is 0 Å². The van der Waals surface area contributed by atoms with Crippen LogP contribution >= 0.6 is 0 Å². The van der Waals surface area contributed by atoms with Gasteiger partial charge in [-0.05, 0) is 6.42 Å². The highest BCUT2D eigenvalue weighted by atomic mass is 15.5. The van der Waals surface area contributed by atoms with Crippen molar-refractivity contribution in [2.45, 2.75) is 12.8 Å². The van der Waals surface area contributed by atoms with Crippen LogP contribution in [0.5, 0.6) is 0 Å². The molecule has 1 saturated heterocycles. The molecule has 0 aromatic heterocycles. The van der Waals surface area contributed by atoms with Crippen LogP contribution in [0.4, 0.5) is 0 Å². The Morgan fingerprint density at radius 3 is 3.11 bits per heavy atom. The fourth-order valence-electron chi connectivity index (χ4n) is 0.977. The predicted octanol–water partition coefficient (Wildman–Crippen LogP) is 0.220. The standard InChI is InChI=1S/C7H12N2/c1-2-3-6-9-7-4-5-8-9/h1,8H,3-7H2. The highest BCUT2D eigenvalue weighted by Crippen LogP contribution is 1.95. The molecule has 0 aromatic rings. The van der Waals surface area contributed by atoms with Gasteiger partial charge in [0.1, 0.15) is 0 Å². The summed E-state index contributed by atoms with van der Waals surface area (Å²) in [6, 6.07) is 0. The molecule has 0 unspecified atom stereocenters. The lowest BCUT2D eigenvalue weighted by Crippen LogP contribution is -2.31. The van der Waals surface area contributed by atoms with Crippen LogP contribution in [0.2, 0.25) is 0 Å². The summed E-state index contributed by atoms with van der Waals surface area (Å²) in [6.45, 7) is 3.27. The van der Waals surface area contributed by atoms with Crippen molar-refractivity contribution in [3.8, 4) is 12.3 Å². The van der Waals surface area contributed by atoms with E-state index < -0.39 is 0 Å². The molecule has 0 amide bonds. The van der Waals surface area contributed by atoms with E-state index in [4.69, 9.17) is 6.42 Å². The lowest BCUT2D eigenvalue weighted by Gasteiger charge is -2.11. The van der Waals surface area contributed by atoms with Gasteiger partial charge in [-0.15, -0.1) is 12.3 Å². The summed E-state index contributed by atoms with van der Waals surface area (Å²) in [5.41, 5.74) is 3.23. The van der Waals surface area contributed by atoms with Crippen LogP contribution in [0.25, 0.3) is 0 Å². The van der Waals surface area contributed by atoms with Gasteiger partial charge in [-0.3, -0.25) is 5.43 Å². The second-order valence-electron chi connectivity index (χ2n) is 2.20. The van der Waals surface area contributed by atoms with E-state index in [1.165, 1.54) is 6.42 Å². The molecule has 1 N–H and O–H groups in total. The molecule has 2 heteroatoms. The van der Waals surface area contributed by atoms with Crippen molar-refractivity contribution in [3.05, 3.63) is 0 Å². The normalized spacial score (nSPS) is 19.9. The Morgan fingerprint density at radius 1 is 1.67 bits per heavy atom. The number of terminal acetylenes is 1. The van der Waals surface area contributed by atoms with E-state index in [-0.39, 0.29) is 0 Å². The predicted molar refractivity (Wildman–Crippen MR) is 37.6 cm³/mol. The molecule has 0 atom stereocenters. The zero-order valence-electron chi connectivity index (χ0n) is 5.56. The monoisotopic (exact) mass is 124 g/mol. The molecule has 50 valence electrons. The number of nitrogens with zero attached hydrogens (tertiary/aromatic N) is 1. The first-order chi connectivity index (χ1) is 4.43. The summed E-state index contributed by atoms with van der Waals surface area (Å²) in [7, 11) is 0. The molecule has 9 heavy (non-hydrogen) atoms. The molecule has 1 rings (SSSR count). The maximum atomic E-state index is 5.10. The number of hydrazine groups is 1. The minimum absolute atomic E-state index is 0.854. The molecule has 1 aliphatic rings. The van der Waals surface area contributed by atoms with Gasteiger partial charge in [-0.1, -0.05) is 0 Å². The first-order valence-electron chi connectivity index (χ1n) is 3.35. The van der Waals surface area contributed by atoms with Crippen molar-refractivity contribution >= 4 is 0 Å². The molecule has 0 bridgehead atoms. The zero-order valence-corrected chi connectivity index (χ0v) is 5.56. The Labute approximate surface area is 56.2 Å². The van der Waals surface area contributed by atoms with Gasteiger partial charge in [0.25, 0.3) is 0 Å². The molecule has 0 spiro atoms. The van der Waals surface area contributed by atoms with Crippen LogP contribution in [0, 0.1) is 12.3 Å². The lowest BCUT2D eigenvalue weighted by atomic mass is 10.4. The van der Waals surface area contributed by atoms with E-state index in [0.717, 1.165) is 26.1 Å². The summed E-state index contributed by atoms with van der Waals surface area (Å²) in [5, 5.41) is 2.18. The Morgan fingerprint density at radius 2 is 2.56 bits per heavy atom. The highest BCUT2D eigenvalue weighted by Gasteiger charge is 2.07. The van der Waals surface area contributed by atoms with Gasteiger partial charge in [-0.2, -0.15) is 0 Å². The van der Waals surface area contributed by atoms with Crippen LogP contribution in [0.15, 0.2) is 0 Å². The Hall–Kier alpha value is -0.520. The summed E-state index contributed by atoms with van der Waals surface area (Å²) in [5.74, 6) is 2.61. The minimum Gasteiger partial charge on any atom is -0.255 e.